The minimum Gasteiger partial charge on any atom is -0.478 e. The normalized spacial score (nSPS) is 10.8. The van der Waals surface area contributed by atoms with Crippen LogP contribution in [0.5, 0.6) is 11.5 Å². The van der Waals surface area contributed by atoms with E-state index in [0.29, 0.717) is 39.9 Å². The van der Waals surface area contributed by atoms with E-state index in [0.717, 1.165) is 10.0 Å². The molecule has 0 saturated carbocycles. The molecule has 7 heteroatoms. The smallest absolute Gasteiger partial charge is 0.340 e. The summed E-state index contributed by atoms with van der Waals surface area (Å²) in [5.41, 5.74) is 8.63. The highest BCUT2D eigenvalue weighted by atomic mass is 79.9. The number of primary amides is 1. The number of nitrogens with two attached hydrogens (primary N) is 1. The zero-order chi connectivity index (χ0) is 22.8. The number of rotatable bonds is 6. The molecule has 0 saturated heterocycles. The number of halogens is 1. The maximum atomic E-state index is 12.2. The van der Waals surface area contributed by atoms with Crippen LogP contribution < -0.4 is 10.5 Å². The first-order valence-corrected chi connectivity index (χ1v) is 10.7. The number of carboxylic acid groups (broad SMARTS) is 1. The topological polar surface area (TPSA) is 103 Å². The average Bonchev–Trinajstić information content (AvgIpc) is 2.78. The Morgan fingerprint density at radius 3 is 2.44 bits per heavy atom. The highest BCUT2D eigenvalue weighted by Crippen LogP contribution is 2.36. The van der Waals surface area contributed by atoms with Crippen molar-refractivity contribution in [3.8, 4) is 22.6 Å². The molecule has 1 amide bonds. The van der Waals surface area contributed by atoms with Crippen LogP contribution >= 0.6 is 15.9 Å². The van der Waals surface area contributed by atoms with E-state index in [9.17, 15) is 14.7 Å². The van der Waals surface area contributed by atoms with Crippen LogP contribution in [0.25, 0.3) is 22.0 Å². The number of carboxylic acids is 1. The number of fused-ring (bicyclic) bond motifs is 1. The molecular formula is C25H19BrN2O4. The molecule has 4 aromatic rings. The SMILES string of the molecule is CCc1nc2ccc(Br)cc2c(C(=O)O)c1Oc1ccc(-c2ccccc2C(N)=O)cc1. The molecule has 3 aromatic carbocycles. The fourth-order valence-corrected chi connectivity index (χ4v) is 3.96. The van der Waals surface area contributed by atoms with Gasteiger partial charge < -0.3 is 15.6 Å². The number of aromatic nitrogens is 1. The summed E-state index contributed by atoms with van der Waals surface area (Å²) in [6.45, 7) is 1.90. The Morgan fingerprint density at radius 1 is 1.06 bits per heavy atom. The van der Waals surface area contributed by atoms with Gasteiger partial charge in [-0.3, -0.25) is 4.79 Å². The molecule has 0 spiro atoms. The molecule has 1 aromatic heterocycles. The Bertz CT molecular complexity index is 1350. The monoisotopic (exact) mass is 490 g/mol. The molecule has 4 rings (SSSR count). The number of ether oxygens (including phenoxy) is 1. The fourth-order valence-electron chi connectivity index (χ4n) is 3.60. The van der Waals surface area contributed by atoms with Gasteiger partial charge in [0.1, 0.15) is 11.3 Å². The predicted molar refractivity (Wildman–Crippen MR) is 126 cm³/mol. The molecule has 0 aliphatic heterocycles. The van der Waals surface area contributed by atoms with Gasteiger partial charge in [-0.1, -0.05) is 53.2 Å². The van der Waals surface area contributed by atoms with Crippen LogP contribution in [0.3, 0.4) is 0 Å². The van der Waals surface area contributed by atoms with Crippen molar-refractivity contribution in [3.63, 3.8) is 0 Å². The number of aromatic carboxylic acids is 1. The molecule has 0 bridgehead atoms. The Hall–Kier alpha value is -3.71. The molecule has 160 valence electrons. The van der Waals surface area contributed by atoms with Gasteiger partial charge in [-0.15, -0.1) is 0 Å². The Balaban J connectivity index is 1.78. The first kappa shape index (κ1) is 21.5. The molecule has 32 heavy (non-hydrogen) atoms. The van der Waals surface area contributed by atoms with Gasteiger partial charge in [0.25, 0.3) is 0 Å². The number of aryl methyl sites for hydroxylation is 1. The molecular weight excluding hydrogens is 472 g/mol. The van der Waals surface area contributed by atoms with Crippen molar-refractivity contribution in [1.29, 1.82) is 0 Å². The highest BCUT2D eigenvalue weighted by Gasteiger charge is 2.22. The van der Waals surface area contributed by atoms with E-state index in [4.69, 9.17) is 10.5 Å². The van der Waals surface area contributed by atoms with Crippen molar-refractivity contribution >= 4 is 38.7 Å². The molecule has 3 N–H and O–H groups in total. The summed E-state index contributed by atoms with van der Waals surface area (Å²) >= 11 is 3.39. The lowest BCUT2D eigenvalue weighted by Crippen LogP contribution is -2.12. The van der Waals surface area contributed by atoms with E-state index >= 15 is 0 Å². The second kappa shape index (κ2) is 8.80. The standard InChI is InChI=1S/C25H19BrN2O4/c1-2-20-23(22(25(30)31)19-13-15(26)9-12-21(19)28-20)32-16-10-7-14(8-11-16)17-5-3-4-6-18(17)24(27)29/h3-13H,2H2,1H3,(H2,27,29)(H,30,31). The summed E-state index contributed by atoms with van der Waals surface area (Å²) in [4.78, 5) is 28.5. The quantitative estimate of drug-likeness (QED) is 0.354. The molecule has 0 aliphatic carbocycles. The Labute approximate surface area is 192 Å². The first-order chi connectivity index (χ1) is 15.4. The lowest BCUT2D eigenvalue weighted by molar-refractivity contribution is 0.0696. The lowest BCUT2D eigenvalue weighted by atomic mass is 9.99. The molecule has 0 aliphatic rings. The second-order valence-electron chi connectivity index (χ2n) is 7.12. The summed E-state index contributed by atoms with van der Waals surface area (Å²) in [7, 11) is 0. The van der Waals surface area contributed by atoms with Crippen molar-refractivity contribution in [2.45, 2.75) is 13.3 Å². The maximum absolute atomic E-state index is 12.2. The number of benzene rings is 3. The van der Waals surface area contributed by atoms with Crippen LogP contribution in [0, 0.1) is 0 Å². The predicted octanol–water partition coefficient (Wildman–Crippen LogP) is 5.82. The van der Waals surface area contributed by atoms with Crippen molar-refractivity contribution in [3.05, 3.63) is 88.0 Å². The second-order valence-corrected chi connectivity index (χ2v) is 8.03. The van der Waals surface area contributed by atoms with Gasteiger partial charge in [-0.2, -0.15) is 0 Å². The molecule has 0 radical (unpaired) electrons. The van der Waals surface area contributed by atoms with Crippen LogP contribution in [0.15, 0.2) is 71.2 Å². The van der Waals surface area contributed by atoms with Crippen molar-refractivity contribution in [2.24, 2.45) is 5.73 Å². The Kier molecular flexibility index (Phi) is 5.92. The summed E-state index contributed by atoms with van der Waals surface area (Å²) in [6.07, 6.45) is 0.506. The largest absolute Gasteiger partial charge is 0.478 e. The minimum atomic E-state index is -1.09. The van der Waals surface area contributed by atoms with Gasteiger partial charge in [-0.05, 0) is 53.9 Å². The van der Waals surface area contributed by atoms with Gasteiger partial charge in [0.15, 0.2) is 5.75 Å². The molecule has 0 atom stereocenters. The van der Waals surface area contributed by atoms with Gasteiger partial charge in [-0.25, -0.2) is 9.78 Å². The summed E-state index contributed by atoms with van der Waals surface area (Å²) in [5, 5.41) is 10.5. The molecule has 6 nitrogen and oxygen atoms in total. The molecule has 0 unspecified atom stereocenters. The Morgan fingerprint density at radius 2 is 1.78 bits per heavy atom. The van der Waals surface area contributed by atoms with Gasteiger partial charge in [0, 0.05) is 15.4 Å². The number of nitrogens with zero attached hydrogens (tertiary/aromatic N) is 1. The first-order valence-electron chi connectivity index (χ1n) is 9.91. The molecule has 1 heterocycles. The lowest BCUT2D eigenvalue weighted by Gasteiger charge is -2.15. The summed E-state index contributed by atoms with van der Waals surface area (Å²) in [5.74, 6) is -0.922. The van der Waals surface area contributed by atoms with Gasteiger partial charge >= 0.3 is 5.97 Å². The van der Waals surface area contributed by atoms with E-state index in [1.54, 1.807) is 48.5 Å². The molecule has 0 fully saturated rings. The van der Waals surface area contributed by atoms with E-state index in [-0.39, 0.29) is 11.3 Å². The third-order valence-corrected chi connectivity index (χ3v) is 5.59. The number of hydrogen-bond donors (Lipinski definition) is 2. The highest BCUT2D eigenvalue weighted by molar-refractivity contribution is 9.10. The summed E-state index contributed by atoms with van der Waals surface area (Å²) < 4.78 is 6.81. The number of hydrogen-bond acceptors (Lipinski definition) is 4. The number of amides is 1. The van der Waals surface area contributed by atoms with Crippen molar-refractivity contribution in [1.82, 2.24) is 4.98 Å². The summed E-state index contributed by atoms with van der Waals surface area (Å²) in [6, 6.07) is 19.5. The van der Waals surface area contributed by atoms with E-state index in [2.05, 4.69) is 20.9 Å². The van der Waals surface area contributed by atoms with E-state index in [1.165, 1.54) is 0 Å². The van der Waals surface area contributed by atoms with E-state index < -0.39 is 11.9 Å². The zero-order valence-electron chi connectivity index (χ0n) is 17.1. The number of carbonyl (C=O) groups excluding carboxylic acids is 1. The average molecular weight is 491 g/mol. The third-order valence-electron chi connectivity index (χ3n) is 5.10. The maximum Gasteiger partial charge on any atom is 0.340 e. The minimum absolute atomic E-state index is 0.0660. The van der Waals surface area contributed by atoms with Crippen molar-refractivity contribution < 1.29 is 19.4 Å². The van der Waals surface area contributed by atoms with Gasteiger partial charge in [0.05, 0.1) is 11.2 Å². The van der Waals surface area contributed by atoms with Crippen LogP contribution in [-0.4, -0.2) is 22.0 Å². The van der Waals surface area contributed by atoms with Crippen LogP contribution in [0.1, 0.15) is 33.3 Å². The van der Waals surface area contributed by atoms with Crippen LogP contribution in [-0.2, 0) is 6.42 Å². The number of pyridine rings is 1. The zero-order valence-corrected chi connectivity index (χ0v) is 18.7. The van der Waals surface area contributed by atoms with E-state index in [1.807, 2.05) is 25.1 Å². The van der Waals surface area contributed by atoms with Crippen LogP contribution in [0.4, 0.5) is 0 Å². The number of carbonyl (C=O) groups is 2. The third kappa shape index (κ3) is 4.07. The fraction of sp³-hybridized carbons (Fsp3) is 0.0800. The van der Waals surface area contributed by atoms with Gasteiger partial charge in [0.2, 0.25) is 5.91 Å². The van der Waals surface area contributed by atoms with Crippen molar-refractivity contribution in [2.75, 3.05) is 0 Å². The van der Waals surface area contributed by atoms with Crippen LogP contribution in [0.2, 0.25) is 0 Å².